The number of hydrogen-bond donors (Lipinski definition) is 4. The van der Waals surface area contributed by atoms with Gasteiger partial charge in [-0.25, -0.2) is 4.79 Å². The number of anilines is 2. The van der Waals surface area contributed by atoms with Gasteiger partial charge in [0.25, 0.3) is 5.91 Å². The summed E-state index contributed by atoms with van der Waals surface area (Å²) in [7, 11) is 0. The molecule has 11 heteroatoms. The monoisotopic (exact) mass is 546 g/mol. The molecule has 202 valence electrons. The molecule has 0 unspecified atom stereocenters. The molecule has 39 heavy (non-hydrogen) atoms. The summed E-state index contributed by atoms with van der Waals surface area (Å²) >= 11 is 1.07. The second-order valence-corrected chi connectivity index (χ2v) is 10.7. The predicted molar refractivity (Wildman–Crippen MR) is 153 cm³/mol. The second-order valence-electron chi connectivity index (χ2n) is 9.70. The number of aromatic nitrogens is 4. The van der Waals surface area contributed by atoms with Crippen molar-refractivity contribution in [1.82, 2.24) is 20.2 Å². The van der Waals surface area contributed by atoms with Crippen LogP contribution >= 0.6 is 11.3 Å². The molecule has 0 aliphatic carbocycles. The molecule has 0 aliphatic heterocycles. The number of aromatic amines is 1. The number of phenolic OH excluding ortho intramolecular Hbond substituents is 1. The standard InChI is InChI=1S/C27H26N6O4S.CH4/c1-27(2,3)37-24(36)20(13-16-14-29-19-9-5-4-8-17(16)19)30-25-32-33-26(38-25)31-23(35)18-11-10-15-7-6-12-28-21(15)22(18)34;/h4-12,14,20,29,34H,13H2,1-3H3,(H,30,32)(H,31,33,35);1H4/t20-;/m0./s1. The summed E-state index contributed by atoms with van der Waals surface area (Å²) in [6.07, 6.45) is 3.77. The zero-order chi connectivity index (χ0) is 26.9. The molecule has 0 spiro atoms. The molecule has 4 N–H and O–H groups in total. The molecule has 1 atom stereocenters. The van der Waals surface area contributed by atoms with Crippen molar-refractivity contribution in [2.75, 3.05) is 10.6 Å². The van der Waals surface area contributed by atoms with E-state index in [9.17, 15) is 14.7 Å². The first kappa shape index (κ1) is 27.5. The van der Waals surface area contributed by atoms with E-state index >= 15 is 0 Å². The number of carbonyl (C=O) groups excluding carboxylic acids is 2. The minimum Gasteiger partial charge on any atom is -0.505 e. The summed E-state index contributed by atoms with van der Waals surface area (Å²) in [6.45, 7) is 5.43. The average molecular weight is 547 g/mol. The Kier molecular flexibility index (Phi) is 7.82. The number of hydrogen-bond acceptors (Lipinski definition) is 9. The number of carbonyl (C=O) groups is 2. The van der Waals surface area contributed by atoms with E-state index in [-0.39, 0.29) is 23.9 Å². The van der Waals surface area contributed by atoms with E-state index in [0.29, 0.717) is 22.5 Å². The molecule has 5 rings (SSSR count). The highest BCUT2D eigenvalue weighted by atomic mass is 32.1. The molecule has 10 nitrogen and oxygen atoms in total. The van der Waals surface area contributed by atoms with Crippen LogP contribution in [0.1, 0.15) is 44.1 Å². The van der Waals surface area contributed by atoms with Crippen molar-refractivity contribution in [3.8, 4) is 5.75 Å². The molecule has 1 amide bonds. The van der Waals surface area contributed by atoms with E-state index in [1.54, 1.807) is 24.4 Å². The molecule has 3 heterocycles. The van der Waals surface area contributed by atoms with Gasteiger partial charge < -0.3 is 20.1 Å². The molecule has 3 aromatic heterocycles. The number of ether oxygens (including phenoxy) is 1. The molecule has 0 radical (unpaired) electrons. The van der Waals surface area contributed by atoms with E-state index < -0.39 is 23.5 Å². The SMILES string of the molecule is C.CC(C)(C)OC(=O)[C@H](Cc1c[nH]c2ccccc12)Nc1nnc(NC(=O)c2ccc3cccnc3c2O)s1. The number of rotatable bonds is 7. The second kappa shape index (κ2) is 11.1. The number of pyridine rings is 1. The summed E-state index contributed by atoms with van der Waals surface area (Å²) in [5.41, 5.74) is 1.64. The highest BCUT2D eigenvalue weighted by molar-refractivity contribution is 7.19. The maximum absolute atomic E-state index is 13.1. The molecule has 0 bridgehead atoms. The third-order valence-electron chi connectivity index (χ3n) is 5.73. The normalized spacial score (nSPS) is 12.1. The Morgan fingerprint density at radius 3 is 2.64 bits per heavy atom. The third-order valence-corrected chi connectivity index (χ3v) is 6.50. The topological polar surface area (TPSA) is 142 Å². The van der Waals surface area contributed by atoms with Gasteiger partial charge in [-0.15, -0.1) is 10.2 Å². The van der Waals surface area contributed by atoms with Crippen LogP contribution in [0.25, 0.3) is 21.8 Å². The van der Waals surface area contributed by atoms with Crippen LogP contribution in [0.5, 0.6) is 5.75 Å². The quantitative estimate of drug-likeness (QED) is 0.195. The van der Waals surface area contributed by atoms with Gasteiger partial charge in [0, 0.05) is 35.1 Å². The maximum Gasteiger partial charge on any atom is 0.329 e. The van der Waals surface area contributed by atoms with Crippen molar-refractivity contribution < 1.29 is 19.4 Å². The molecule has 0 saturated carbocycles. The number of benzene rings is 2. The van der Waals surface area contributed by atoms with Crippen LogP contribution in [0, 0.1) is 0 Å². The first-order valence-electron chi connectivity index (χ1n) is 11.9. The molecule has 2 aromatic carbocycles. The largest absolute Gasteiger partial charge is 0.505 e. The fourth-order valence-electron chi connectivity index (χ4n) is 4.05. The zero-order valence-electron chi connectivity index (χ0n) is 21.0. The van der Waals surface area contributed by atoms with Crippen molar-refractivity contribution >= 4 is 55.3 Å². The van der Waals surface area contributed by atoms with Gasteiger partial charge in [0.2, 0.25) is 10.3 Å². The number of esters is 1. The molecule has 5 aromatic rings. The minimum absolute atomic E-state index is 0. The van der Waals surface area contributed by atoms with Crippen LogP contribution < -0.4 is 10.6 Å². The zero-order valence-corrected chi connectivity index (χ0v) is 21.8. The Bertz CT molecular complexity index is 1640. The summed E-state index contributed by atoms with van der Waals surface area (Å²) < 4.78 is 5.65. The lowest BCUT2D eigenvalue weighted by Crippen LogP contribution is -2.38. The minimum atomic E-state index is -0.750. The Labute approximate surface area is 229 Å². The summed E-state index contributed by atoms with van der Waals surface area (Å²) in [4.78, 5) is 33.3. The van der Waals surface area contributed by atoms with Crippen LogP contribution in [0.15, 0.2) is 60.9 Å². The summed E-state index contributed by atoms with van der Waals surface area (Å²) in [5, 5.41) is 26.7. The number of amides is 1. The van der Waals surface area contributed by atoms with E-state index in [1.807, 2.05) is 51.2 Å². The first-order valence-corrected chi connectivity index (χ1v) is 12.8. The van der Waals surface area contributed by atoms with Gasteiger partial charge in [0.05, 0.1) is 5.56 Å². The van der Waals surface area contributed by atoms with Crippen molar-refractivity contribution in [2.24, 2.45) is 0 Å². The van der Waals surface area contributed by atoms with Crippen molar-refractivity contribution in [3.05, 3.63) is 72.1 Å². The van der Waals surface area contributed by atoms with E-state index in [4.69, 9.17) is 4.74 Å². The summed E-state index contributed by atoms with van der Waals surface area (Å²) in [5.74, 6) is -1.20. The maximum atomic E-state index is 13.1. The van der Waals surface area contributed by atoms with E-state index in [1.165, 1.54) is 6.07 Å². The number of H-pyrrole nitrogens is 1. The van der Waals surface area contributed by atoms with Gasteiger partial charge in [-0.2, -0.15) is 0 Å². The van der Waals surface area contributed by atoms with Crippen LogP contribution in [-0.2, 0) is 16.0 Å². The van der Waals surface area contributed by atoms with Gasteiger partial charge >= 0.3 is 5.97 Å². The Morgan fingerprint density at radius 2 is 1.85 bits per heavy atom. The molecular formula is C28H30N6O4S. The Balaban J connectivity index is 0.00000353. The molecule has 0 saturated heterocycles. The van der Waals surface area contributed by atoms with Gasteiger partial charge in [-0.1, -0.05) is 49.1 Å². The fraction of sp³-hybridized carbons (Fsp3) is 0.250. The van der Waals surface area contributed by atoms with E-state index in [2.05, 4.69) is 30.8 Å². The van der Waals surface area contributed by atoms with Gasteiger partial charge in [0.15, 0.2) is 5.75 Å². The van der Waals surface area contributed by atoms with Gasteiger partial charge in [-0.05, 0) is 44.5 Å². The molecule has 0 aliphatic rings. The van der Waals surface area contributed by atoms with Crippen LogP contribution in [0.2, 0.25) is 0 Å². The van der Waals surface area contributed by atoms with E-state index in [0.717, 1.165) is 27.8 Å². The van der Waals surface area contributed by atoms with Crippen molar-refractivity contribution in [1.29, 1.82) is 0 Å². The lowest BCUT2D eigenvalue weighted by atomic mass is 10.0. The number of nitrogens with one attached hydrogen (secondary N) is 3. The molecular weight excluding hydrogens is 516 g/mol. The lowest BCUT2D eigenvalue weighted by Gasteiger charge is -2.24. The predicted octanol–water partition coefficient (Wildman–Crippen LogP) is 5.53. The van der Waals surface area contributed by atoms with Crippen molar-refractivity contribution in [2.45, 2.75) is 46.3 Å². The van der Waals surface area contributed by atoms with Crippen LogP contribution in [0.3, 0.4) is 0 Å². The van der Waals surface area contributed by atoms with Gasteiger partial charge in [-0.3, -0.25) is 15.1 Å². The van der Waals surface area contributed by atoms with Gasteiger partial charge in [0.1, 0.15) is 17.2 Å². The fourth-order valence-corrected chi connectivity index (χ4v) is 4.74. The number of fused-ring (bicyclic) bond motifs is 2. The Hall–Kier alpha value is -4.51. The van der Waals surface area contributed by atoms with Crippen molar-refractivity contribution in [3.63, 3.8) is 0 Å². The Morgan fingerprint density at radius 1 is 1.08 bits per heavy atom. The third kappa shape index (κ3) is 6.15. The summed E-state index contributed by atoms with van der Waals surface area (Å²) in [6, 6.07) is 13.9. The average Bonchev–Trinajstić information content (AvgIpc) is 3.49. The van der Waals surface area contributed by atoms with Crippen LogP contribution in [0.4, 0.5) is 10.3 Å². The number of nitrogens with zero attached hydrogens (tertiary/aromatic N) is 3. The lowest BCUT2D eigenvalue weighted by molar-refractivity contribution is -0.155. The number of aromatic hydroxyl groups is 1. The van der Waals surface area contributed by atoms with Crippen LogP contribution in [-0.4, -0.2) is 48.8 Å². The number of phenols is 1. The molecule has 0 fully saturated rings. The number of para-hydroxylation sites is 1. The smallest absolute Gasteiger partial charge is 0.329 e. The first-order chi connectivity index (χ1) is 18.2. The highest BCUT2D eigenvalue weighted by Gasteiger charge is 2.28. The highest BCUT2D eigenvalue weighted by Crippen LogP contribution is 2.29.